The number of ketones is 1. The van der Waals surface area contributed by atoms with Gasteiger partial charge in [-0.15, -0.1) is 0 Å². The highest BCUT2D eigenvalue weighted by atomic mass is 35.5. The van der Waals surface area contributed by atoms with Crippen LogP contribution in [0.2, 0.25) is 5.02 Å². The van der Waals surface area contributed by atoms with E-state index in [1.54, 1.807) is 6.20 Å². The number of carbonyl (C=O) groups is 1. The Morgan fingerprint density at radius 1 is 1.33 bits per heavy atom. The van der Waals surface area contributed by atoms with Gasteiger partial charge >= 0.3 is 0 Å². The van der Waals surface area contributed by atoms with Crippen LogP contribution >= 0.6 is 11.6 Å². The standard InChI is InChI=1S/C19H16ClF2NO/c1-11-4-7-13(14-3-2-10-23-19(11)14)16(24)9-6-12-5-8-15(21)18(22)17(12)20/h2-3,5,8,10,13H,1,4,6-7,9H2. The van der Waals surface area contributed by atoms with Gasteiger partial charge in [-0.2, -0.15) is 0 Å². The Balaban J connectivity index is 1.76. The van der Waals surface area contributed by atoms with E-state index in [0.717, 1.165) is 29.3 Å². The second-order valence-electron chi connectivity index (χ2n) is 5.94. The molecule has 0 radical (unpaired) electrons. The van der Waals surface area contributed by atoms with Crippen molar-refractivity contribution in [2.24, 2.45) is 0 Å². The minimum Gasteiger partial charge on any atom is -0.299 e. The molecule has 3 rings (SSSR count). The average molecular weight is 348 g/mol. The number of carbonyl (C=O) groups excluding carboxylic acids is 1. The van der Waals surface area contributed by atoms with E-state index >= 15 is 0 Å². The number of rotatable bonds is 4. The molecule has 1 aromatic heterocycles. The largest absolute Gasteiger partial charge is 0.299 e. The molecule has 0 N–H and O–H groups in total. The Morgan fingerprint density at radius 2 is 2.12 bits per heavy atom. The van der Waals surface area contributed by atoms with Crippen molar-refractivity contribution in [2.45, 2.75) is 31.6 Å². The second-order valence-corrected chi connectivity index (χ2v) is 6.31. The van der Waals surface area contributed by atoms with Crippen LogP contribution in [0.3, 0.4) is 0 Å². The van der Waals surface area contributed by atoms with Gasteiger partial charge < -0.3 is 0 Å². The summed E-state index contributed by atoms with van der Waals surface area (Å²) in [6.07, 6.45) is 3.62. The maximum absolute atomic E-state index is 13.5. The van der Waals surface area contributed by atoms with Gasteiger partial charge in [-0.3, -0.25) is 9.78 Å². The zero-order valence-electron chi connectivity index (χ0n) is 13.0. The van der Waals surface area contributed by atoms with Crippen LogP contribution < -0.4 is 0 Å². The van der Waals surface area contributed by atoms with Gasteiger partial charge in [0.25, 0.3) is 0 Å². The molecule has 0 spiro atoms. The molecule has 0 fully saturated rings. The van der Waals surface area contributed by atoms with Crippen LogP contribution in [-0.4, -0.2) is 10.8 Å². The van der Waals surface area contributed by atoms with Gasteiger partial charge in [-0.05, 0) is 48.1 Å². The van der Waals surface area contributed by atoms with Gasteiger partial charge in [0.1, 0.15) is 5.78 Å². The quantitative estimate of drug-likeness (QED) is 0.720. The first-order chi connectivity index (χ1) is 11.5. The van der Waals surface area contributed by atoms with Crippen molar-refractivity contribution >= 4 is 23.0 Å². The summed E-state index contributed by atoms with van der Waals surface area (Å²) in [4.78, 5) is 17.0. The lowest BCUT2D eigenvalue weighted by Crippen LogP contribution is -2.19. The summed E-state index contributed by atoms with van der Waals surface area (Å²) >= 11 is 5.82. The summed E-state index contributed by atoms with van der Waals surface area (Å²) in [7, 11) is 0. The first-order valence-corrected chi connectivity index (χ1v) is 8.15. The lowest BCUT2D eigenvalue weighted by molar-refractivity contribution is -0.120. The lowest BCUT2D eigenvalue weighted by atomic mass is 9.79. The minimum absolute atomic E-state index is 0.0533. The molecule has 124 valence electrons. The number of nitrogens with zero attached hydrogens (tertiary/aromatic N) is 1. The fourth-order valence-electron chi connectivity index (χ4n) is 3.11. The Bertz CT molecular complexity index is 819. The predicted octanol–water partition coefficient (Wildman–Crippen LogP) is 5.11. The van der Waals surface area contributed by atoms with Crippen LogP contribution in [0.4, 0.5) is 8.78 Å². The van der Waals surface area contributed by atoms with Crippen LogP contribution in [0.15, 0.2) is 37.0 Å². The van der Waals surface area contributed by atoms with Gasteiger partial charge in [0, 0.05) is 18.5 Å². The number of halogens is 3. The summed E-state index contributed by atoms with van der Waals surface area (Å²) in [5.74, 6) is -2.23. The van der Waals surface area contributed by atoms with E-state index < -0.39 is 11.6 Å². The van der Waals surface area contributed by atoms with Gasteiger partial charge in [0.2, 0.25) is 0 Å². The molecule has 0 amide bonds. The van der Waals surface area contributed by atoms with Gasteiger partial charge in [-0.1, -0.05) is 30.3 Å². The summed E-state index contributed by atoms with van der Waals surface area (Å²) in [5, 5.41) is -0.248. The maximum atomic E-state index is 13.5. The third-order valence-electron chi connectivity index (χ3n) is 4.43. The Kier molecular flexibility index (Phi) is 4.76. The zero-order valence-corrected chi connectivity index (χ0v) is 13.7. The molecular formula is C19H16ClF2NO. The highest BCUT2D eigenvalue weighted by Gasteiger charge is 2.28. The van der Waals surface area contributed by atoms with Crippen molar-refractivity contribution in [3.05, 3.63) is 70.5 Å². The van der Waals surface area contributed by atoms with E-state index in [9.17, 15) is 13.6 Å². The van der Waals surface area contributed by atoms with E-state index in [-0.39, 0.29) is 29.6 Å². The van der Waals surface area contributed by atoms with Crippen LogP contribution in [0, 0.1) is 11.6 Å². The summed E-state index contributed by atoms with van der Waals surface area (Å²) in [5.41, 5.74) is 3.08. The number of hydrogen-bond acceptors (Lipinski definition) is 2. The lowest BCUT2D eigenvalue weighted by Gasteiger charge is -2.25. The topological polar surface area (TPSA) is 30.0 Å². The number of benzene rings is 1. The number of pyridine rings is 1. The average Bonchev–Trinajstić information content (AvgIpc) is 2.59. The number of aryl methyl sites for hydroxylation is 1. The van der Waals surface area contributed by atoms with E-state index in [1.807, 2.05) is 12.1 Å². The Morgan fingerprint density at radius 3 is 2.92 bits per heavy atom. The number of allylic oxidation sites excluding steroid dienone is 1. The predicted molar refractivity (Wildman–Crippen MR) is 89.9 cm³/mol. The molecular weight excluding hydrogens is 332 g/mol. The van der Waals surface area contributed by atoms with E-state index in [1.165, 1.54) is 6.07 Å². The number of hydrogen-bond donors (Lipinski definition) is 0. The molecule has 24 heavy (non-hydrogen) atoms. The van der Waals surface area contributed by atoms with E-state index in [2.05, 4.69) is 11.6 Å². The van der Waals surface area contributed by atoms with Crippen molar-refractivity contribution < 1.29 is 13.6 Å². The number of fused-ring (bicyclic) bond motifs is 1. The normalized spacial score (nSPS) is 16.8. The SMILES string of the molecule is C=C1CCC(C(=O)CCc2ccc(F)c(F)c2Cl)c2cccnc21. The van der Waals surface area contributed by atoms with Crippen molar-refractivity contribution in [1.29, 1.82) is 0 Å². The maximum Gasteiger partial charge on any atom is 0.177 e. The van der Waals surface area contributed by atoms with Crippen molar-refractivity contribution in [3.8, 4) is 0 Å². The molecule has 2 nitrogen and oxygen atoms in total. The molecule has 2 aromatic rings. The van der Waals surface area contributed by atoms with Crippen LogP contribution in [-0.2, 0) is 11.2 Å². The summed E-state index contributed by atoms with van der Waals surface area (Å²) in [6.45, 7) is 4.00. The Labute approximate surface area is 144 Å². The molecule has 5 heteroatoms. The van der Waals surface area contributed by atoms with Crippen LogP contribution in [0.25, 0.3) is 5.57 Å². The molecule has 1 aliphatic carbocycles. The van der Waals surface area contributed by atoms with Crippen LogP contribution in [0.1, 0.15) is 42.0 Å². The molecule has 1 atom stereocenters. The van der Waals surface area contributed by atoms with Gasteiger partial charge in [0.15, 0.2) is 11.6 Å². The molecule has 1 aliphatic rings. The third kappa shape index (κ3) is 3.11. The molecule has 1 heterocycles. The van der Waals surface area contributed by atoms with Crippen molar-refractivity contribution in [1.82, 2.24) is 4.98 Å². The van der Waals surface area contributed by atoms with Gasteiger partial charge in [0.05, 0.1) is 10.7 Å². The first-order valence-electron chi connectivity index (χ1n) is 7.77. The third-order valence-corrected chi connectivity index (χ3v) is 4.84. The van der Waals surface area contributed by atoms with E-state index in [0.29, 0.717) is 12.0 Å². The smallest absolute Gasteiger partial charge is 0.177 e. The molecule has 0 aliphatic heterocycles. The number of aromatic nitrogens is 1. The van der Waals surface area contributed by atoms with E-state index in [4.69, 9.17) is 11.6 Å². The molecule has 0 bridgehead atoms. The molecule has 0 saturated carbocycles. The minimum atomic E-state index is -1.06. The second kappa shape index (κ2) is 6.81. The fraction of sp³-hybridized carbons (Fsp3) is 0.263. The summed E-state index contributed by atoms with van der Waals surface area (Å²) in [6, 6.07) is 6.17. The van der Waals surface area contributed by atoms with Crippen molar-refractivity contribution in [2.75, 3.05) is 0 Å². The molecule has 1 unspecified atom stereocenters. The highest BCUT2D eigenvalue weighted by molar-refractivity contribution is 6.31. The first kappa shape index (κ1) is 16.8. The highest BCUT2D eigenvalue weighted by Crippen LogP contribution is 2.37. The Hall–Kier alpha value is -2.07. The zero-order chi connectivity index (χ0) is 17.3. The molecule has 0 saturated heterocycles. The summed E-state index contributed by atoms with van der Waals surface area (Å²) < 4.78 is 26.6. The number of Topliss-reactive ketones (excluding diaryl/α,β-unsaturated/α-hetero) is 1. The fourth-order valence-corrected chi connectivity index (χ4v) is 3.36. The van der Waals surface area contributed by atoms with Gasteiger partial charge in [-0.25, -0.2) is 8.78 Å². The monoisotopic (exact) mass is 347 g/mol. The van der Waals surface area contributed by atoms with Crippen molar-refractivity contribution in [3.63, 3.8) is 0 Å². The van der Waals surface area contributed by atoms with Crippen LogP contribution in [0.5, 0.6) is 0 Å². The molecule has 1 aromatic carbocycles.